The Bertz CT molecular complexity index is 1110. The van der Waals surface area contributed by atoms with Gasteiger partial charge in [0.1, 0.15) is 0 Å². The van der Waals surface area contributed by atoms with Crippen LogP contribution in [0.25, 0.3) is 0 Å². The summed E-state index contributed by atoms with van der Waals surface area (Å²) in [6.45, 7) is 1.06. The number of nitrogens with zero attached hydrogens (tertiary/aromatic N) is 1. The Balaban J connectivity index is 1.36. The summed E-state index contributed by atoms with van der Waals surface area (Å²) in [7, 11) is -3.54. The summed E-state index contributed by atoms with van der Waals surface area (Å²) < 4.78 is 27.9. The minimum atomic E-state index is -3.54. The number of benzene rings is 2. The molecule has 8 heteroatoms. The van der Waals surface area contributed by atoms with Crippen molar-refractivity contribution < 1.29 is 13.2 Å². The van der Waals surface area contributed by atoms with Crippen molar-refractivity contribution in [2.75, 3.05) is 13.1 Å². The Morgan fingerprint density at radius 1 is 1.00 bits per heavy atom. The molecule has 1 N–H and O–H groups in total. The predicted molar refractivity (Wildman–Crippen MR) is 126 cm³/mol. The van der Waals surface area contributed by atoms with E-state index in [1.165, 1.54) is 4.88 Å². The topological polar surface area (TPSA) is 66.5 Å². The molecule has 0 unspecified atom stereocenters. The predicted octanol–water partition coefficient (Wildman–Crippen LogP) is 4.62. The van der Waals surface area contributed by atoms with E-state index in [0.29, 0.717) is 31.5 Å². The van der Waals surface area contributed by atoms with E-state index in [1.807, 2.05) is 35.2 Å². The highest BCUT2D eigenvalue weighted by Gasteiger charge is 2.28. The van der Waals surface area contributed by atoms with Crippen molar-refractivity contribution in [3.8, 4) is 0 Å². The summed E-state index contributed by atoms with van der Waals surface area (Å²) in [5.41, 5.74) is 0.715. The second-order valence-electron chi connectivity index (χ2n) is 7.37. The summed E-state index contributed by atoms with van der Waals surface area (Å²) in [5.74, 6) is 0.851. The van der Waals surface area contributed by atoms with Crippen molar-refractivity contribution in [1.82, 2.24) is 9.62 Å². The van der Waals surface area contributed by atoms with E-state index in [2.05, 4.69) is 16.2 Å². The molecule has 1 fully saturated rings. The van der Waals surface area contributed by atoms with E-state index in [0.717, 1.165) is 10.6 Å². The van der Waals surface area contributed by atoms with Crippen LogP contribution in [-0.4, -0.2) is 38.4 Å². The molecule has 2 heterocycles. The molecular weight excluding hydrogens is 448 g/mol. The van der Waals surface area contributed by atoms with Gasteiger partial charge in [-0.25, -0.2) is 13.1 Å². The summed E-state index contributed by atoms with van der Waals surface area (Å²) in [6.07, 6.45) is 1.20. The largest absolute Gasteiger partial charge is 0.338 e. The van der Waals surface area contributed by atoms with E-state index in [-0.39, 0.29) is 16.8 Å². The zero-order chi connectivity index (χ0) is 21.7. The van der Waals surface area contributed by atoms with E-state index in [9.17, 15) is 13.2 Å². The molecule has 4 rings (SSSR count). The van der Waals surface area contributed by atoms with Crippen LogP contribution in [-0.2, 0) is 15.8 Å². The van der Waals surface area contributed by atoms with Gasteiger partial charge in [-0.3, -0.25) is 4.79 Å². The first kappa shape index (κ1) is 22.1. The highest BCUT2D eigenvalue weighted by molar-refractivity contribution is 7.98. The molecule has 0 radical (unpaired) electrons. The maximum atomic E-state index is 13.2. The van der Waals surface area contributed by atoms with Crippen molar-refractivity contribution in [1.29, 1.82) is 0 Å². The second kappa shape index (κ2) is 9.99. The average molecular weight is 473 g/mol. The molecule has 0 bridgehead atoms. The molecule has 1 amide bonds. The molecule has 3 aromatic rings. The maximum Gasteiger partial charge on any atom is 0.254 e. The lowest BCUT2D eigenvalue weighted by molar-refractivity contribution is 0.0708. The first-order valence-corrected chi connectivity index (χ1v) is 13.5. The van der Waals surface area contributed by atoms with E-state index in [1.54, 1.807) is 53.4 Å². The van der Waals surface area contributed by atoms with Gasteiger partial charge >= 0.3 is 0 Å². The number of amides is 1. The van der Waals surface area contributed by atoms with Gasteiger partial charge in [0.2, 0.25) is 10.0 Å². The van der Waals surface area contributed by atoms with Gasteiger partial charge in [-0.15, -0.1) is 23.1 Å². The van der Waals surface area contributed by atoms with Crippen molar-refractivity contribution in [3.63, 3.8) is 0 Å². The van der Waals surface area contributed by atoms with Crippen molar-refractivity contribution in [3.05, 3.63) is 82.6 Å². The number of thiophene rings is 1. The van der Waals surface area contributed by atoms with Crippen LogP contribution < -0.4 is 4.72 Å². The molecule has 5 nitrogen and oxygen atoms in total. The molecule has 162 valence electrons. The Hall–Kier alpha value is -2.13. The highest BCUT2D eigenvalue weighted by Crippen LogP contribution is 2.29. The Kier molecular flexibility index (Phi) is 7.12. The van der Waals surface area contributed by atoms with Gasteiger partial charge in [-0.2, -0.15) is 0 Å². The number of hydrogen-bond donors (Lipinski definition) is 1. The van der Waals surface area contributed by atoms with E-state index < -0.39 is 10.0 Å². The number of rotatable bonds is 7. The smallest absolute Gasteiger partial charge is 0.254 e. The first-order valence-electron chi connectivity index (χ1n) is 10.1. The SMILES string of the molecule is O=C(c1ccccc1SCc1cccs1)N1CCC(NS(=O)(=O)c2ccccc2)CC1. The molecule has 1 aromatic heterocycles. The molecule has 0 aliphatic carbocycles. The number of piperidine rings is 1. The molecule has 0 atom stereocenters. The van der Waals surface area contributed by atoms with Gasteiger partial charge < -0.3 is 4.90 Å². The van der Waals surface area contributed by atoms with Crippen LogP contribution in [0, 0.1) is 0 Å². The van der Waals surface area contributed by atoms with Crippen molar-refractivity contribution >= 4 is 39.0 Å². The van der Waals surface area contributed by atoms with Gasteiger partial charge in [0.05, 0.1) is 10.5 Å². The van der Waals surface area contributed by atoms with Gasteiger partial charge in [0, 0.05) is 34.7 Å². The lowest BCUT2D eigenvalue weighted by Crippen LogP contribution is -2.46. The monoisotopic (exact) mass is 472 g/mol. The zero-order valence-corrected chi connectivity index (χ0v) is 19.4. The Morgan fingerprint density at radius 3 is 2.42 bits per heavy atom. The van der Waals surface area contributed by atoms with E-state index in [4.69, 9.17) is 0 Å². The summed E-state index contributed by atoms with van der Waals surface area (Å²) >= 11 is 3.39. The van der Waals surface area contributed by atoms with Gasteiger partial charge in [0.25, 0.3) is 5.91 Å². The first-order chi connectivity index (χ1) is 15.0. The number of sulfonamides is 1. The van der Waals surface area contributed by atoms with Crippen LogP contribution in [0.4, 0.5) is 0 Å². The van der Waals surface area contributed by atoms with Crippen LogP contribution in [0.15, 0.2) is 81.9 Å². The molecule has 0 spiro atoms. The summed E-state index contributed by atoms with van der Waals surface area (Å²) in [6, 6.07) is 20.1. The average Bonchev–Trinajstić information content (AvgIpc) is 3.32. The van der Waals surface area contributed by atoms with Gasteiger partial charge in [-0.05, 0) is 48.6 Å². The quantitative estimate of drug-likeness (QED) is 0.510. The minimum Gasteiger partial charge on any atom is -0.338 e. The number of thioether (sulfide) groups is 1. The van der Waals surface area contributed by atoms with Crippen molar-refractivity contribution in [2.24, 2.45) is 0 Å². The third-order valence-corrected chi connectivity index (χ3v) is 8.94. The molecule has 1 aliphatic heterocycles. The van der Waals surface area contributed by atoms with Gasteiger partial charge in [0.15, 0.2) is 0 Å². The lowest BCUT2D eigenvalue weighted by Gasteiger charge is -2.32. The third-order valence-electron chi connectivity index (χ3n) is 5.22. The molecule has 1 aliphatic rings. The van der Waals surface area contributed by atoms with Crippen molar-refractivity contribution in [2.45, 2.75) is 34.4 Å². The van der Waals surface area contributed by atoms with Gasteiger partial charge in [-0.1, -0.05) is 36.4 Å². The molecule has 0 saturated carbocycles. The van der Waals surface area contributed by atoms with Crippen LogP contribution in [0.2, 0.25) is 0 Å². The standard InChI is InChI=1S/C23H24N2O3S3/c26-23(21-10-4-5-11-22(21)30-17-19-7-6-16-29-19)25-14-12-18(13-15-25)24-31(27,28)20-8-2-1-3-9-20/h1-11,16,18,24H,12-15,17H2. The number of carbonyl (C=O) groups is 1. The Labute approximate surface area is 191 Å². The molecule has 1 saturated heterocycles. The summed E-state index contributed by atoms with van der Waals surface area (Å²) in [4.78, 5) is 17.5. The normalized spacial score (nSPS) is 15.2. The molecule has 31 heavy (non-hydrogen) atoms. The number of carbonyl (C=O) groups excluding carboxylic acids is 1. The maximum absolute atomic E-state index is 13.2. The molecule has 2 aromatic carbocycles. The fourth-order valence-electron chi connectivity index (χ4n) is 3.57. The third kappa shape index (κ3) is 5.57. The van der Waals surface area contributed by atoms with Crippen LogP contribution in [0.5, 0.6) is 0 Å². The Morgan fingerprint density at radius 2 is 1.71 bits per heavy atom. The summed E-state index contributed by atoms with van der Waals surface area (Å²) in [5, 5.41) is 2.06. The number of likely N-dealkylation sites (tertiary alicyclic amines) is 1. The molecular formula is C23H24N2O3S3. The fraction of sp³-hybridized carbons (Fsp3) is 0.261. The van der Waals surface area contributed by atoms with Crippen LogP contribution >= 0.6 is 23.1 Å². The number of nitrogens with one attached hydrogen (secondary N) is 1. The second-order valence-corrected chi connectivity index (χ2v) is 11.1. The van der Waals surface area contributed by atoms with Crippen LogP contribution in [0.1, 0.15) is 28.1 Å². The minimum absolute atomic E-state index is 0.0126. The van der Waals surface area contributed by atoms with Crippen LogP contribution in [0.3, 0.4) is 0 Å². The highest BCUT2D eigenvalue weighted by atomic mass is 32.2. The van der Waals surface area contributed by atoms with E-state index >= 15 is 0 Å². The lowest BCUT2D eigenvalue weighted by atomic mass is 10.0. The zero-order valence-electron chi connectivity index (χ0n) is 16.9. The number of hydrogen-bond acceptors (Lipinski definition) is 5. The fourth-order valence-corrected chi connectivity index (χ4v) is 6.71.